The van der Waals surface area contributed by atoms with Crippen molar-refractivity contribution in [2.24, 2.45) is 0 Å². The predicted octanol–water partition coefficient (Wildman–Crippen LogP) is 4.27. The molecular formula is C15H22BrNO. The Kier molecular flexibility index (Phi) is 5.07. The van der Waals surface area contributed by atoms with Gasteiger partial charge in [-0.3, -0.25) is 0 Å². The number of rotatable bonds is 2. The molecule has 0 bridgehead atoms. The Morgan fingerprint density at radius 2 is 1.72 bits per heavy atom. The van der Waals surface area contributed by atoms with E-state index in [0.717, 1.165) is 23.1 Å². The maximum absolute atomic E-state index is 9.94. The highest BCUT2D eigenvalue weighted by Gasteiger charge is 2.15. The van der Waals surface area contributed by atoms with E-state index in [-0.39, 0.29) is 0 Å². The van der Waals surface area contributed by atoms with E-state index in [2.05, 4.69) is 33.0 Å². The van der Waals surface area contributed by atoms with Crippen LogP contribution in [-0.4, -0.2) is 18.2 Å². The number of halogens is 1. The molecule has 1 aromatic rings. The summed E-state index contributed by atoms with van der Waals surface area (Å²) in [7, 11) is 0. The summed E-state index contributed by atoms with van der Waals surface area (Å²) < 4.78 is 1.04. The van der Waals surface area contributed by atoms with Gasteiger partial charge in [-0.05, 0) is 38.0 Å². The summed E-state index contributed by atoms with van der Waals surface area (Å²) in [5, 5.41) is 9.94. The first-order chi connectivity index (χ1) is 8.68. The monoisotopic (exact) mass is 311 g/mol. The molecule has 1 unspecified atom stereocenters. The standard InChI is InChI=1S/C15H22BrNO/c1-12(18)14-11-13(16)7-8-15(14)17-9-5-3-2-4-6-10-17/h7-8,11-12,18H,2-6,9-10H2,1H3. The molecule has 1 aliphatic heterocycles. The van der Waals surface area contributed by atoms with E-state index in [0.29, 0.717) is 0 Å². The first-order valence-corrected chi connectivity index (χ1v) is 7.70. The Morgan fingerprint density at radius 1 is 1.11 bits per heavy atom. The molecule has 0 aromatic heterocycles. The van der Waals surface area contributed by atoms with Crippen molar-refractivity contribution in [2.45, 2.75) is 45.1 Å². The van der Waals surface area contributed by atoms with Crippen molar-refractivity contribution < 1.29 is 5.11 Å². The van der Waals surface area contributed by atoms with Gasteiger partial charge in [0.25, 0.3) is 0 Å². The molecule has 1 fully saturated rings. The molecule has 18 heavy (non-hydrogen) atoms. The van der Waals surface area contributed by atoms with Gasteiger partial charge in [0.15, 0.2) is 0 Å². The molecule has 2 nitrogen and oxygen atoms in total. The molecule has 0 radical (unpaired) electrons. The summed E-state index contributed by atoms with van der Waals surface area (Å²) in [5.74, 6) is 0. The lowest BCUT2D eigenvalue weighted by Crippen LogP contribution is -2.28. The van der Waals surface area contributed by atoms with E-state index in [1.54, 1.807) is 0 Å². The summed E-state index contributed by atoms with van der Waals surface area (Å²) in [5.41, 5.74) is 2.24. The molecule has 1 heterocycles. The number of hydrogen-bond acceptors (Lipinski definition) is 2. The first kappa shape index (κ1) is 13.9. The number of aliphatic hydroxyl groups is 1. The largest absolute Gasteiger partial charge is 0.389 e. The molecule has 0 saturated carbocycles. The van der Waals surface area contributed by atoms with Crippen molar-refractivity contribution in [1.82, 2.24) is 0 Å². The first-order valence-electron chi connectivity index (χ1n) is 6.91. The number of benzene rings is 1. The molecule has 0 spiro atoms. The molecule has 1 atom stereocenters. The van der Waals surface area contributed by atoms with Gasteiger partial charge < -0.3 is 10.0 Å². The molecule has 100 valence electrons. The third kappa shape index (κ3) is 3.48. The van der Waals surface area contributed by atoms with E-state index in [9.17, 15) is 5.11 Å². The second-order valence-corrected chi connectivity index (χ2v) is 6.05. The van der Waals surface area contributed by atoms with Gasteiger partial charge in [0.2, 0.25) is 0 Å². The zero-order chi connectivity index (χ0) is 13.0. The topological polar surface area (TPSA) is 23.5 Å². The molecule has 1 aromatic carbocycles. The maximum atomic E-state index is 9.94. The second kappa shape index (κ2) is 6.58. The average Bonchev–Trinajstić information content (AvgIpc) is 2.29. The van der Waals surface area contributed by atoms with Crippen molar-refractivity contribution in [3.05, 3.63) is 28.2 Å². The van der Waals surface area contributed by atoms with Crippen LogP contribution in [0.15, 0.2) is 22.7 Å². The van der Waals surface area contributed by atoms with Crippen molar-refractivity contribution in [1.29, 1.82) is 0 Å². The fraction of sp³-hybridized carbons (Fsp3) is 0.600. The summed E-state index contributed by atoms with van der Waals surface area (Å²) >= 11 is 3.49. The van der Waals surface area contributed by atoms with Gasteiger partial charge in [-0.2, -0.15) is 0 Å². The van der Waals surface area contributed by atoms with Crippen molar-refractivity contribution in [2.75, 3.05) is 18.0 Å². The number of hydrogen-bond donors (Lipinski definition) is 1. The molecule has 2 rings (SSSR count). The highest BCUT2D eigenvalue weighted by Crippen LogP contribution is 2.30. The fourth-order valence-electron chi connectivity index (χ4n) is 2.64. The van der Waals surface area contributed by atoms with Crippen LogP contribution < -0.4 is 4.90 Å². The minimum absolute atomic E-state index is 0.414. The Labute approximate surface area is 118 Å². The quantitative estimate of drug-likeness (QED) is 0.881. The van der Waals surface area contributed by atoms with Crippen molar-refractivity contribution in [3.8, 4) is 0 Å². The highest BCUT2D eigenvalue weighted by molar-refractivity contribution is 9.10. The van der Waals surface area contributed by atoms with Crippen LogP contribution in [0.5, 0.6) is 0 Å². The van der Waals surface area contributed by atoms with E-state index in [1.165, 1.54) is 37.8 Å². The Balaban J connectivity index is 2.24. The van der Waals surface area contributed by atoms with E-state index in [1.807, 2.05) is 13.0 Å². The van der Waals surface area contributed by atoms with Gasteiger partial charge in [-0.1, -0.05) is 35.2 Å². The SMILES string of the molecule is CC(O)c1cc(Br)ccc1N1CCCCCCC1. The van der Waals surface area contributed by atoms with Crippen LogP contribution in [0.2, 0.25) is 0 Å². The van der Waals surface area contributed by atoms with Gasteiger partial charge in [0.1, 0.15) is 0 Å². The Hall–Kier alpha value is -0.540. The maximum Gasteiger partial charge on any atom is 0.0782 e. The molecule has 0 aliphatic carbocycles. The second-order valence-electron chi connectivity index (χ2n) is 5.13. The lowest BCUT2D eigenvalue weighted by molar-refractivity contribution is 0.199. The van der Waals surface area contributed by atoms with Crippen molar-refractivity contribution in [3.63, 3.8) is 0 Å². The summed E-state index contributed by atoms with van der Waals surface area (Å²) in [6.07, 6.45) is 6.14. The lowest BCUT2D eigenvalue weighted by Gasteiger charge is -2.29. The predicted molar refractivity (Wildman–Crippen MR) is 80.1 cm³/mol. The van der Waals surface area contributed by atoms with Crippen molar-refractivity contribution >= 4 is 21.6 Å². The minimum Gasteiger partial charge on any atom is -0.389 e. The van der Waals surface area contributed by atoms with Crippen LogP contribution in [0.4, 0.5) is 5.69 Å². The van der Waals surface area contributed by atoms with E-state index in [4.69, 9.17) is 0 Å². The molecule has 1 N–H and O–H groups in total. The van der Waals surface area contributed by atoms with Gasteiger partial charge in [-0.25, -0.2) is 0 Å². The average molecular weight is 312 g/mol. The molecule has 1 aliphatic rings. The lowest BCUT2D eigenvalue weighted by atomic mass is 10.0. The van der Waals surface area contributed by atoms with Crippen LogP contribution in [0.1, 0.15) is 50.7 Å². The fourth-order valence-corrected chi connectivity index (χ4v) is 3.02. The van der Waals surface area contributed by atoms with Crippen LogP contribution in [0.25, 0.3) is 0 Å². The van der Waals surface area contributed by atoms with Gasteiger partial charge >= 0.3 is 0 Å². The van der Waals surface area contributed by atoms with Crippen LogP contribution >= 0.6 is 15.9 Å². The molecule has 0 amide bonds. The summed E-state index contributed by atoms with van der Waals surface area (Å²) in [4.78, 5) is 2.44. The zero-order valence-corrected chi connectivity index (χ0v) is 12.6. The van der Waals surface area contributed by atoms with Gasteiger partial charge in [-0.15, -0.1) is 0 Å². The summed E-state index contributed by atoms with van der Waals surface area (Å²) in [6, 6.07) is 6.24. The third-order valence-corrected chi connectivity index (χ3v) is 4.13. The Bertz CT molecular complexity index is 384. The van der Waals surface area contributed by atoms with Crippen LogP contribution in [0.3, 0.4) is 0 Å². The molecule has 1 saturated heterocycles. The normalized spacial score (nSPS) is 19.2. The molecule has 3 heteroatoms. The molecular weight excluding hydrogens is 290 g/mol. The number of aliphatic hydroxyl groups excluding tert-OH is 1. The third-order valence-electron chi connectivity index (χ3n) is 3.64. The van der Waals surface area contributed by atoms with Gasteiger partial charge in [0, 0.05) is 28.8 Å². The van der Waals surface area contributed by atoms with E-state index < -0.39 is 6.10 Å². The highest BCUT2D eigenvalue weighted by atomic mass is 79.9. The summed E-state index contributed by atoms with van der Waals surface area (Å²) in [6.45, 7) is 4.07. The van der Waals surface area contributed by atoms with Crippen LogP contribution in [-0.2, 0) is 0 Å². The smallest absolute Gasteiger partial charge is 0.0782 e. The van der Waals surface area contributed by atoms with E-state index >= 15 is 0 Å². The number of nitrogens with zero attached hydrogens (tertiary/aromatic N) is 1. The minimum atomic E-state index is -0.414. The Morgan fingerprint density at radius 3 is 2.33 bits per heavy atom. The van der Waals surface area contributed by atoms with Gasteiger partial charge in [0.05, 0.1) is 6.10 Å². The zero-order valence-electron chi connectivity index (χ0n) is 11.0. The van der Waals surface area contributed by atoms with Crippen LogP contribution in [0, 0.1) is 0 Å². The number of anilines is 1.